The summed E-state index contributed by atoms with van der Waals surface area (Å²) in [6.07, 6.45) is 0. The highest BCUT2D eigenvalue weighted by Gasteiger charge is 2.10. The summed E-state index contributed by atoms with van der Waals surface area (Å²) in [5.74, 6) is 0. The van der Waals surface area contributed by atoms with Crippen LogP contribution in [0.1, 0.15) is 0 Å². The molecule has 4 nitrogen and oxygen atoms in total. The SMILES string of the molecule is O=c1c2oc3ccccc3[nH]c=2c2ccccc2c1=O. The zero-order valence-electron chi connectivity index (χ0n) is 10.3. The van der Waals surface area contributed by atoms with E-state index in [4.69, 9.17) is 4.42 Å². The minimum absolute atomic E-state index is 0.0763. The second-order valence-electron chi connectivity index (χ2n) is 4.63. The van der Waals surface area contributed by atoms with Crippen molar-refractivity contribution in [3.8, 4) is 0 Å². The van der Waals surface area contributed by atoms with Crippen molar-refractivity contribution in [2.45, 2.75) is 0 Å². The van der Waals surface area contributed by atoms with E-state index in [0.29, 0.717) is 21.7 Å². The maximum atomic E-state index is 12.2. The minimum Gasteiger partial charge on any atom is -0.449 e. The van der Waals surface area contributed by atoms with Crippen molar-refractivity contribution in [3.63, 3.8) is 0 Å². The molecule has 0 radical (unpaired) electrons. The number of nitrogens with one attached hydrogen (secondary N) is 1. The Morgan fingerprint density at radius 2 is 1.50 bits per heavy atom. The van der Waals surface area contributed by atoms with E-state index in [9.17, 15) is 9.59 Å². The van der Waals surface area contributed by atoms with Crippen LogP contribution in [0.25, 0.3) is 21.9 Å². The average molecular weight is 263 g/mol. The van der Waals surface area contributed by atoms with Gasteiger partial charge >= 0.3 is 0 Å². The molecule has 4 heteroatoms. The Morgan fingerprint density at radius 3 is 2.35 bits per heavy atom. The van der Waals surface area contributed by atoms with Gasteiger partial charge in [0.05, 0.1) is 10.9 Å². The molecular formula is C16H9NO3. The maximum Gasteiger partial charge on any atom is 0.270 e. The van der Waals surface area contributed by atoms with Gasteiger partial charge < -0.3 is 9.40 Å². The molecule has 2 aromatic rings. The van der Waals surface area contributed by atoms with Crippen LogP contribution in [0.2, 0.25) is 0 Å². The van der Waals surface area contributed by atoms with E-state index in [1.54, 1.807) is 24.3 Å². The van der Waals surface area contributed by atoms with E-state index in [-0.39, 0.29) is 5.42 Å². The third-order valence-electron chi connectivity index (χ3n) is 3.44. The number of benzene rings is 2. The molecule has 1 aliphatic carbocycles. The first-order valence-corrected chi connectivity index (χ1v) is 6.22. The third-order valence-corrected chi connectivity index (χ3v) is 3.44. The minimum atomic E-state index is -0.610. The molecule has 0 aromatic heterocycles. The average Bonchev–Trinajstić information content (AvgIpc) is 2.51. The smallest absolute Gasteiger partial charge is 0.270 e. The molecule has 0 atom stereocenters. The van der Waals surface area contributed by atoms with Crippen LogP contribution >= 0.6 is 0 Å². The van der Waals surface area contributed by atoms with Gasteiger partial charge in [-0.1, -0.05) is 36.4 Å². The van der Waals surface area contributed by atoms with Gasteiger partial charge in [0.25, 0.3) is 5.43 Å². The Kier molecular flexibility index (Phi) is 2.09. The van der Waals surface area contributed by atoms with Crippen LogP contribution in [-0.2, 0) is 0 Å². The highest BCUT2D eigenvalue weighted by Crippen LogP contribution is 2.15. The van der Waals surface area contributed by atoms with Crippen LogP contribution in [-0.4, -0.2) is 4.98 Å². The summed E-state index contributed by atoms with van der Waals surface area (Å²) in [6.45, 7) is 0. The first-order chi connectivity index (χ1) is 9.75. The van der Waals surface area contributed by atoms with Crippen molar-refractivity contribution in [2.75, 3.05) is 0 Å². The van der Waals surface area contributed by atoms with E-state index >= 15 is 0 Å². The zero-order chi connectivity index (χ0) is 13.7. The van der Waals surface area contributed by atoms with Gasteiger partial charge in [-0.3, -0.25) is 9.59 Å². The Hall–Kier alpha value is -2.88. The third kappa shape index (κ3) is 1.36. The van der Waals surface area contributed by atoms with Crippen LogP contribution in [0.5, 0.6) is 0 Å². The van der Waals surface area contributed by atoms with Crippen LogP contribution < -0.4 is 10.9 Å². The second kappa shape index (κ2) is 3.81. The number of hydrogen-bond donors (Lipinski definition) is 1. The van der Waals surface area contributed by atoms with Crippen LogP contribution in [0.4, 0.5) is 0 Å². The van der Waals surface area contributed by atoms with Crippen LogP contribution in [0.3, 0.4) is 0 Å². The predicted octanol–water partition coefficient (Wildman–Crippen LogP) is 2.36. The van der Waals surface area contributed by atoms with E-state index in [2.05, 4.69) is 4.98 Å². The van der Waals surface area contributed by atoms with Gasteiger partial charge in [0, 0.05) is 10.8 Å². The number of fused-ring (bicyclic) bond motifs is 3. The Morgan fingerprint density at radius 1 is 0.800 bits per heavy atom. The lowest BCUT2D eigenvalue weighted by atomic mass is 10.1. The molecular weight excluding hydrogens is 254 g/mol. The molecule has 1 heterocycles. The van der Waals surface area contributed by atoms with Crippen molar-refractivity contribution < 1.29 is 4.42 Å². The summed E-state index contributed by atoms with van der Waals surface area (Å²) in [4.78, 5) is 27.4. The topological polar surface area (TPSA) is 63.1 Å². The summed E-state index contributed by atoms with van der Waals surface area (Å²) >= 11 is 0. The molecule has 0 amide bonds. The summed E-state index contributed by atoms with van der Waals surface area (Å²) in [5, 5.41) is 1.66. The highest BCUT2D eigenvalue weighted by atomic mass is 16.3. The molecule has 0 unspecified atom stereocenters. The van der Waals surface area contributed by atoms with Gasteiger partial charge in [0.1, 0.15) is 0 Å². The van der Waals surface area contributed by atoms with Gasteiger partial charge in [0.2, 0.25) is 10.8 Å². The van der Waals surface area contributed by atoms with Crippen molar-refractivity contribution in [2.24, 2.45) is 0 Å². The predicted molar refractivity (Wildman–Crippen MR) is 75.9 cm³/mol. The molecule has 96 valence electrons. The molecule has 0 saturated carbocycles. The number of hydrogen-bond acceptors (Lipinski definition) is 3. The molecule has 4 rings (SSSR count). The molecule has 1 aliphatic heterocycles. The van der Waals surface area contributed by atoms with E-state index in [1.807, 2.05) is 24.3 Å². The molecule has 2 aromatic carbocycles. The number of aromatic nitrogens is 1. The van der Waals surface area contributed by atoms with Crippen molar-refractivity contribution in [3.05, 3.63) is 79.7 Å². The lowest BCUT2D eigenvalue weighted by Gasteiger charge is -2.02. The quantitative estimate of drug-likeness (QED) is 0.495. The number of aromatic amines is 1. The van der Waals surface area contributed by atoms with Gasteiger partial charge in [-0.2, -0.15) is 0 Å². The molecule has 0 spiro atoms. The molecule has 0 fully saturated rings. The molecule has 2 aliphatic rings. The first-order valence-electron chi connectivity index (χ1n) is 6.22. The van der Waals surface area contributed by atoms with Crippen molar-refractivity contribution in [1.29, 1.82) is 0 Å². The van der Waals surface area contributed by atoms with Crippen molar-refractivity contribution >= 4 is 21.9 Å². The Bertz CT molecular complexity index is 1140. The Labute approximate surface area is 111 Å². The highest BCUT2D eigenvalue weighted by molar-refractivity contribution is 5.83. The van der Waals surface area contributed by atoms with E-state index < -0.39 is 10.9 Å². The van der Waals surface area contributed by atoms with Gasteiger partial charge in [-0.05, 0) is 12.1 Å². The second-order valence-corrected chi connectivity index (χ2v) is 4.63. The van der Waals surface area contributed by atoms with Gasteiger partial charge in [-0.25, -0.2) is 0 Å². The first kappa shape index (κ1) is 11.0. The lowest BCUT2D eigenvalue weighted by Crippen LogP contribution is -2.25. The fourth-order valence-electron chi connectivity index (χ4n) is 2.49. The molecule has 0 saturated heterocycles. The summed E-state index contributed by atoms with van der Waals surface area (Å²) < 4.78 is 5.62. The van der Waals surface area contributed by atoms with Crippen LogP contribution in [0, 0.1) is 10.8 Å². The summed E-state index contributed by atoms with van der Waals surface area (Å²) in [5.41, 5.74) is 0.267. The van der Waals surface area contributed by atoms with Gasteiger partial charge in [-0.15, -0.1) is 0 Å². The summed E-state index contributed by atoms with van der Waals surface area (Å²) in [7, 11) is 0. The van der Waals surface area contributed by atoms with Crippen molar-refractivity contribution in [1.82, 2.24) is 4.98 Å². The Balaban J connectivity index is 2.47. The largest absolute Gasteiger partial charge is 0.449 e. The fourth-order valence-corrected chi connectivity index (χ4v) is 2.49. The zero-order valence-corrected chi connectivity index (χ0v) is 10.3. The standard InChI is InChI=1S/C16H9NO3/c18-14-10-6-2-1-5-9(10)13-16(15(14)19)20-12-8-4-3-7-11(12)17-13/h1-8,17H. The number of para-hydroxylation sites is 2. The molecule has 0 bridgehead atoms. The molecule has 20 heavy (non-hydrogen) atoms. The van der Waals surface area contributed by atoms with Gasteiger partial charge in [0.15, 0.2) is 5.58 Å². The molecule has 1 N–H and O–H groups in total. The normalized spacial score (nSPS) is 11.4. The number of H-pyrrole nitrogens is 1. The van der Waals surface area contributed by atoms with Crippen LogP contribution in [0.15, 0.2) is 62.5 Å². The monoisotopic (exact) mass is 263 g/mol. The van der Waals surface area contributed by atoms with E-state index in [0.717, 1.165) is 5.52 Å². The fraction of sp³-hybridized carbons (Fsp3) is 0. The van der Waals surface area contributed by atoms with E-state index in [1.165, 1.54) is 0 Å². The number of rotatable bonds is 0. The lowest BCUT2D eigenvalue weighted by molar-refractivity contribution is 0.556. The summed E-state index contributed by atoms with van der Waals surface area (Å²) in [6, 6.07) is 14.3. The maximum absolute atomic E-state index is 12.2.